The lowest BCUT2D eigenvalue weighted by Gasteiger charge is -2.19. The lowest BCUT2D eigenvalue weighted by atomic mass is 10.1. The monoisotopic (exact) mass is 685 g/mol. The van der Waals surface area contributed by atoms with Gasteiger partial charge in [0.2, 0.25) is 0 Å². The Kier molecular flexibility index (Phi) is 32.8. The summed E-state index contributed by atoms with van der Waals surface area (Å²) in [6.07, 6.45) is 34.6. The third-order valence-electron chi connectivity index (χ3n) is 7.53. The van der Waals surface area contributed by atoms with Crippen molar-refractivity contribution < 1.29 is 37.6 Å². The van der Waals surface area contributed by atoms with Crippen molar-refractivity contribution in [1.82, 2.24) is 0 Å². The predicted molar refractivity (Wildman–Crippen MR) is 192 cm³/mol. The topological polar surface area (TPSA) is 134 Å². The van der Waals surface area contributed by atoms with E-state index in [-0.39, 0.29) is 32.6 Å². The maximum absolute atomic E-state index is 12.5. The number of carbonyl (C=O) groups excluding carboxylic acids is 2. The van der Waals surface area contributed by atoms with Gasteiger partial charge in [-0.3, -0.25) is 18.6 Å². The smallest absolute Gasteiger partial charge is 0.462 e. The second-order valence-electron chi connectivity index (χ2n) is 12.1. The number of allylic oxidation sites excluding steroid dienone is 6. The van der Waals surface area contributed by atoms with Crippen LogP contribution in [0.25, 0.3) is 0 Å². The molecule has 0 saturated heterocycles. The average Bonchev–Trinajstić information content (AvgIpc) is 3.05. The van der Waals surface area contributed by atoms with Crippen molar-refractivity contribution >= 4 is 19.8 Å². The van der Waals surface area contributed by atoms with Gasteiger partial charge in [-0.25, -0.2) is 4.57 Å². The third-order valence-corrected chi connectivity index (χ3v) is 8.51. The fraction of sp³-hybridized carbons (Fsp3) is 0.784. The van der Waals surface area contributed by atoms with Gasteiger partial charge >= 0.3 is 19.8 Å². The van der Waals surface area contributed by atoms with Crippen LogP contribution in [0.5, 0.6) is 0 Å². The number of esters is 2. The van der Waals surface area contributed by atoms with E-state index in [9.17, 15) is 19.0 Å². The Morgan fingerprint density at radius 1 is 0.638 bits per heavy atom. The van der Waals surface area contributed by atoms with Crippen molar-refractivity contribution in [3.63, 3.8) is 0 Å². The minimum Gasteiger partial charge on any atom is -0.462 e. The first kappa shape index (κ1) is 45.2. The molecule has 0 aromatic rings. The van der Waals surface area contributed by atoms with Crippen molar-refractivity contribution in [3.05, 3.63) is 36.5 Å². The van der Waals surface area contributed by atoms with Gasteiger partial charge in [-0.2, -0.15) is 0 Å². The Balaban J connectivity index is 4.31. The van der Waals surface area contributed by atoms with Crippen LogP contribution in [0.1, 0.15) is 155 Å². The van der Waals surface area contributed by atoms with Gasteiger partial charge in [0, 0.05) is 19.4 Å². The molecular formula is C37H68NO8P. The Morgan fingerprint density at radius 3 is 1.68 bits per heavy atom. The van der Waals surface area contributed by atoms with Crippen molar-refractivity contribution in [2.75, 3.05) is 26.4 Å². The average molecular weight is 686 g/mol. The zero-order chi connectivity index (χ0) is 34.7. The molecule has 0 radical (unpaired) electrons. The molecule has 0 aliphatic rings. The minimum absolute atomic E-state index is 0.0485. The molecule has 2 atom stereocenters. The largest absolute Gasteiger partial charge is 0.472 e. The molecule has 0 aliphatic carbocycles. The van der Waals surface area contributed by atoms with E-state index in [1.54, 1.807) is 0 Å². The lowest BCUT2D eigenvalue weighted by molar-refractivity contribution is -0.161. The quantitative estimate of drug-likeness (QED) is 0.0294. The fourth-order valence-electron chi connectivity index (χ4n) is 4.76. The van der Waals surface area contributed by atoms with E-state index < -0.39 is 32.5 Å². The van der Waals surface area contributed by atoms with Crippen LogP contribution in [0.2, 0.25) is 0 Å². The van der Waals surface area contributed by atoms with E-state index in [0.717, 1.165) is 51.4 Å². The Morgan fingerprint density at radius 2 is 1.11 bits per heavy atom. The number of nitrogens with two attached hydrogens (primary N) is 1. The van der Waals surface area contributed by atoms with E-state index in [1.165, 1.54) is 64.2 Å². The molecular weight excluding hydrogens is 617 g/mol. The molecule has 0 spiro atoms. The van der Waals surface area contributed by atoms with Crippen LogP contribution in [-0.2, 0) is 32.7 Å². The maximum atomic E-state index is 12.5. The van der Waals surface area contributed by atoms with E-state index >= 15 is 0 Å². The van der Waals surface area contributed by atoms with Crippen molar-refractivity contribution in [1.29, 1.82) is 0 Å². The van der Waals surface area contributed by atoms with Crippen LogP contribution in [0.15, 0.2) is 36.5 Å². The standard InChI is InChI=1S/C37H68NO8P/c1-3-5-7-9-11-13-15-16-17-18-20-21-23-25-27-29-36(39)43-33-35(34-45-47(41,42)44-32-31-38)46-37(40)30-28-26-24-22-19-14-12-10-8-6-4-2/h11,13,16-17,20-21,35H,3-10,12,14-15,18-19,22-34,38H2,1-2H3,(H,41,42)/b13-11+,17-16+,21-20+/t35-/m1/s1. The van der Waals surface area contributed by atoms with Gasteiger partial charge in [-0.15, -0.1) is 0 Å². The first-order valence-corrected chi connectivity index (χ1v) is 20.0. The number of unbranched alkanes of at least 4 members (excludes halogenated alkanes) is 15. The highest BCUT2D eigenvalue weighted by molar-refractivity contribution is 7.47. The Labute approximate surface area is 286 Å². The van der Waals surface area contributed by atoms with Gasteiger partial charge in [0.25, 0.3) is 0 Å². The number of carbonyl (C=O) groups is 2. The first-order chi connectivity index (χ1) is 22.8. The number of ether oxygens (including phenoxy) is 2. The molecule has 9 nitrogen and oxygen atoms in total. The van der Waals surface area contributed by atoms with Crippen LogP contribution in [0.4, 0.5) is 0 Å². The normalized spacial score (nSPS) is 13.9. The maximum Gasteiger partial charge on any atom is 0.472 e. The predicted octanol–water partition coefficient (Wildman–Crippen LogP) is 9.82. The molecule has 10 heteroatoms. The molecule has 0 heterocycles. The molecule has 0 aromatic carbocycles. The SMILES string of the molecule is CCCCC/C=C/C/C=C/C/C=C/CCCCC(=O)OC[C@H](COP(=O)(O)OCCN)OC(=O)CCCCCCCCCCCCC. The highest BCUT2D eigenvalue weighted by Gasteiger charge is 2.25. The van der Waals surface area contributed by atoms with E-state index in [2.05, 4.69) is 50.3 Å². The molecule has 274 valence electrons. The summed E-state index contributed by atoms with van der Waals surface area (Å²) in [5.74, 6) is -0.876. The van der Waals surface area contributed by atoms with Gasteiger partial charge in [-0.05, 0) is 51.4 Å². The van der Waals surface area contributed by atoms with E-state index in [4.69, 9.17) is 24.3 Å². The lowest BCUT2D eigenvalue weighted by Crippen LogP contribution is -2.29. The van der Waals surface area contributed by atoms with Gasteiger partial charge in [-0.1, -0.05) is 127 Å². The number of rotatable bonds is 34. The molecule has 47 heavy (non-hydrogen) atoms. The van der Waals surface area contributed by atoms with Crippen molar-refractivity contribution in [2.24, 2.45) is 5.73 Å². The summed E-state index contributed by atoms with van der Waals surface area (Å²) in [7, 11) is -4.37. The summed E-state index contributed by atoms with van der Waals surface area (Å²) in [4.78, 5) is 34.6. The van der Waals surface area contributed by atoms with E-state index in [0.29, 0.717) is 12.8 Å². The van der Waals surface area contributed by atoms with Gasteiger partial charge in [0.1, 0.15) is 6.61 Å². The highest BCUT2D eigenvalue weighted by Crippen LogP contribution is 2.43. The van der Waals surface area contributed by atoms with Crippen LogP contribution < -0.4 is 5.73 Å². The fourth-order valence-corrected chi connectivity index (χ4v) is 5.52. The molecule has 0 aliphatic heterocycles. The molecule has 3 N–H and O–H groups in total. The summed E-state index contributed by atoms with van der Waals surface area (Å²) in [5, 5.41) is 0. The van der Waals surface area contributed by atoms with Crippen LogP contribution in [-0.4, -0.2) is 49.3 Å². The number of phosphoric ester groups is 1. The second kappa shape index (κ2) is 34.1. The number of hydrogen-bond acceptors (Lipinski definition) is 8. The zero-order valence-corrected chi connectivity index (χ0v) is 30.7. The van der Waals surface area contributed by atoms with Crippen LogP contribution in [0, 0.1) is 0 Å². The summed E-state index contributed by atoms with van der Waals surface area (Å²) >= 11 is 0. The van der Waals surface area contributed by atoms with Crippen LogP contribution in [0.3, 0.4) is 0 Å². The summed E-state index contributed by atoms with van der Waals surface area (Å²) < 4.78 is 32.5. The van der Waals surface area contributed by atoms with Crippen molar-refractivity contribution in [2.45, 2.75) is 161 Å². The summed E-state index contributed by atoms with van der Waals surface area (Å²) in [6.45, 7) is 3.63. The molecule has 0 bridgehead atoms. The molecule has 0 rings (SSSR count). The summed E-state index contributed by atoms with van der Waals surface area (Å²) in [5.41, 5.74) is 5.32. The third kappa shape index (κ3) is 33.9. The van der Waals surface area contributed by atoms with E-state index in [1.807, 2.05) is 0 Å². The second-order valence-corrected chi connectivity index (χ2v) is 13.5. The minimum atomic E-state index is -4.37. The Bertz CT molecular complexity index is 876. The van der Waals surface area contributed by atoms with Crippen molar-refractivity contribution in [3.8, 4) is 0 Å². The molecule has 0 saturated carbocycles. The zero-order valence-electron chi connectivity index (χ0n) is 29.8. The number of hydrogen-bond donors (Lipinski definition) is 2. The van der Waals surface area contributed by atoms with Gasteiger partial charge in [0.15, 0.2) is 6.10 Å². The van der Waals surface area contributed by atoms with Gasteiger partial charge < -0.3 is 20.1 Å². The summed E-state index contributed by atoms with van der Waals surface area (Å²) in [6, 6.07) is 0. The Hall–Kier alpha value is -1.77. The molecule has 1 unspecified atom stereocenters. The number of phosphoric acid groups is 1. The highest BCUT2D eigenvalue weighted by atomic mass is 31.2. The van der Waals surface area contributed by atoms with Gasteiger partial charge in [0.05, 0.1) is 13.2 Å². The molecule has 0 fully saturated rings. The first-order valence-electron chi connectivity index (χ1n) is 18.5. The molecule has 0 amide bonds. The molecule has 0 aromatic heterocycles. The van der Waals surface area contributed by atoms with Crippen LogP contribution >= 0.6 is 7.82 Å².